The molecular weight excluding hydrogens is 294 g/mol. The van der Waals surface area contributed by atoms with E-state index in [1.54, 1.807) is 12.1 Å². The van der Waals surface area contributed by atoms with Crippen LogP contribution in [0, 0.1) is 0 Å². The normalized spacial score (nSPS) is 11.1. The summed E-state index contributed by atoms with van der Waals surface area (Å²) in [5, 5.41) is 12.3. The molecule has 0 saturated carbocycles. The van der Waals surface area contributed by atoms with Crippen LogP contribution in [0.3, 0.4) is 0 Å². The molecule has 0 aliphatic heterocycles. The molecule has 106 valence electrons. The Kier molecular flexibility index (Phi) is 2.91. The highest BCUT2D eigenvalue weighted by Crippen LogP contribution is 2.35. The first kappa shape index (κ1) is 13.0. The number of carboxylic acids is 1. The molecule has 0 aliphatic carbocycles. The van der Waals surface area contributed by atoms with E-state index in [9.17, 15) is 9.90 Å². The minimum atomic E-state index is -0.931. The largest absolute Gasteiger partial charge is 0.478 e. The van der Waals surface area contributed by atoms with Crippen LogP contribution in [0.25, 0.3) is 31.6 Å². The van der Waals surface area contributed by atoms with Crippen LogP contribution in [-0.4, -0.2) is 16.1 Å². The van der Waals surface area contributed by atoms with Gasteiger partial charge in [-0.15, -0.1) is 11.3 Å². The van der Waals surface area contributed by atoms with E-state index in [2.05, 4.69) is 12.1 Å². The number of fused-ring (bicyclic) bond motifs is 3. The first-order valence-corrected chi connectivity index (χ1v) is 7.67. The highest BCUT2D eigenvalue weighted by atomic mass is 32.1. The number of hydrogen-bond donors (Lipinski definition) is 1. The van der Waals surface area contributed by atoms with Gasteiger partial charge in [0.05, 0.1) is 15.8 Å². The number of hydrogen-bond acceptors (Lipinski definition) is 3. The first-order chi connectivity index (χ1) is 10.7. The van der Waals surface area contributed by atoms with Crippen LogP contribution < -0.4 is 0 Å². The minimum Gasteiger partial charge on any atom is -0.478 e. The van der Waals surface area contributed by atoms with Gasteiger partial charge in [0.15, 0.2) is 0 Å². The van der Waals surface area contributed by atoms with Gasteiger partial charge in [0.25, 0.3) is 0 Å². The van der Waals surface area contributed by atoms with Crippen LogP contribution in [0.1, 0.15) is 10.4 Å². The van der Waals surface area contributed by atoms with Crippen LogP contribution in [-0.2, 0) is 0 Å². The molecule has 3 aromatic carbocycles. The highest BCUT2D eigenvalue weighted by molar-refractivity contribution is 7.21. The van der Waals surface area contributed by atoms with E-state index in [0.717, 1.165) is 26.0 Å². The summed E-state index contributed by atoms with van der Waals surface area (Å²) in [6.45, 7) is 0. The molecule has 0 saturated heterocycles. The van der Waals surface area contributed by atoms with Crippen molar-refractivity contribution in [3.63, 3.8) is 0 Å². The summed E-state index contributed by atoms with van der Waals surface area (Å²) in [7, 11) is 0. The lowest BCUT2D eigenvalue weighted by Gasteiger charge is -2.01. The Morgan fingerprint density at radius 3 is 2.59 bits per heavy atom. The zero-order chi connectivity index (χ0) is 15.1. The number of benzene rings is 3. The maximum absolute atomic E-state index is 11.4. The van der Waals surface area contributed by atoms with E-state index in [0.29, 0.717) is 5.56 Å². The second kappa shape index (κ2) is 4.93. The van der Waals surface area contributed by atoms with E-state index in [4.69, 9.17) is 4.98 Å². The summed E-state index contributed by atoms with van der Waals surface area (Å²) in [6.07, 6.45) is 0. The van der Waals surface area contributed by atoms with Gasteiger partial charge in [-0.3, -0.25) is 0 Å². The molecule has 0 spiro atoms. The molecule has 0 bridgehead atoms. The molecule has 0 unspecified atom stereocenters. The molecule has 22 heavy (non-hydrogen) atoms. The Bertz CT molecular complexity index is 1020. The van der Waals surface area contributed by atoms with Crippen molar-refractivity contribution in [2.24, 2.45) is 0 Å². The van der Waals surface area contributed by atoms with Crippen molar-refractivity contribution in [3.8, 4) is 10.6 Å². The monoisotopic (exact) mass is 305 g/mol. The summed E-state index contributed by atoms with van der Waals surface area (Å²) < 4.78 is 1.06. The van der Waals surface area contributed by atoms with Crippen molar-refractivity contribution in [3.05, 3.63) is 66.2 Å². The topological polar surface area (TPSA) is 50.2 Å². The Morgan fingerprint density at radius 2 is 1.73 bits per heavy atom. The first-order valence-electron chi connectivity index (χ1n) is 6.85. The number of aromatic carboxylic acids is 1. The Balaban J connectivity index is 2.01. The van der Waals surface area contributed by atoms with Gasteiger partial charge in [-0.1, -0.05) is 48.5 Å². The SMILES string of the molecule is O=C(O)c1ccccc1-c1nc2c(ccc3ccccc32)s1. The zero-order valence-electron chi connectivity index (χ0n) is 11.5. The van der Waals surface area contributed by atoms with Crippen LogP contribution in [0.5, 0.6) is 0 Å². The second-order valence-corrected chi connectivity index (χ2v) is 6.03. The van der Waals surface area contributed by atoms with Gasteiger partial charge in [-0.2, -0.15) is 0 Å². The number of carbonyl (C=O) groups is 1. The maximum Gasteiger partial charge on any atom is 0.336 e. The fourth-order valence-corrected chi connectivity index (χ4v) is 3.65. The molecule has 1 heterocycles. The smallest absolute Gasteiger partial charge is 0.336 e. The van der Waals surface area contributed by atoms with Gasteiger partial charge in [-0.05, 0) is 17.5 Å². The van der Waals surface area contributed by atoms with Crippen molar-refractivity contribution in [2.45, 2.75) is 0 Å². The lowest BCUT2D eigenvalue weighted by atomic mass is 10.1. The predicted octanol–water partition coefficient (Wildman–Crippen LogP) is 4.81. The van der Waals surface area contributed by atoms with E-state index in [1.165, 1.54) is 11.3 Å². The number of carboxylic acid groups (broad SMARTS) is 1. The number of aromatic nitrogens is 1. The summed E-state index contributed by atoms with van der Waals surface area (Å²) >= 11 is 1.52. The molecule has 0 aliphatic rings. The third-order valence-electron chi connectivity index (χ3n) is 3.67. The second-order valence-electron chi connectivity index (χ2n) is 5.00. The van der Waals surface area contributed by atoms with E-state index >= 15 is 0 Å². The third kappa shape index (κ3) is 1.96. The Labute approximate surface area is 130 Å². The van der Waals surface area contributed by atoms with Gasteiger partial charge in [0.2, 0.25) is 0 Å². The fraction of sp³-hybridized carbons (Fsp3) is 0. The molecule has 4 rings (SSSR count). The summed E-state index contributed by atoms with van der Waals surface area (Å²) in [5.41, 5.74) is 1.88. The molecule has 1 N–H and O–H groups in total. The van der Waals surface area contributed by atoms with Gasteiger partial charge in [-0.25, -0.2) is 9.78 Å². The molecule has 4 aromatic rings. The molecule has 0 amide bonds. The lowest BCUT2D eigenvalue weighted by molar-refractivity contribution is 0.0697. The van der Waals surface area contributed by atoms with Crippen molar-refractivity contribution in [2.75, 3.05) is 0 Å². The summed E-state index contributed by atoms with van der Waals surface area (Å²) in [4.78, 5) is 16.1. The highest BCUT2D eigenvalue weighted by Gasteiger charge is 2.15. The Hall–Kier alpha value is -2.72. The molecule has 3 nitrogen and oxygen atoms in total. The molecule has 0 fully saturated rings. The number of thiazole rings is 1. The molecule has 0 radical (unpaired) electrons. The van der Waals surface area contributed by atoms with Gasteiger partial charge < -0.3 is 5.11 Å². The van der Waals surface area contributed by atoms with E-state index in [-0.39, 0.29) is 5.56 Å². The standard InChI is InChI=1S/C18H11NO2S/c20-18(21)14-8-4-3-7-13(14)17-19-16-12-6-2-1-5-11(12)9-10-15(16)22-17/h1-10H,(H,20,21). The van der Waals surface area contributed by atoms with Gasteiger partial charge >= 0.3 is 5.97 Å². The molecular formula is C18H11NO2S. The molecule has 0 atom stereocenters. The average molecular weight is 305 g/mol. The van der Waals surface area contributed by atoms with Gasteiger partial charge in [0, 0.05) is 10.9 Å². The number of nitrogens with zero attached hydrogens (tertiary/aromatic N) is 1. The van der Waals surface area contributed by atoms with Crippen LogP contribution in [0.4, 0.5) is 0 Å². The molecule has 1 aromatic heterocycles. The summed E-state index contributed by atoms with van der Waals surface area (Å²) in [5.74, 6) is -0.931. The lowest BCUT2D eigenvalue weighted by Crippen LogP contribution is -1.98. The minimum absolute atomic E-state index is 0.283. The van der Waals surface area contributed by atoms with Crippen LogP contribution in [0.15, 0.2) is 60.7 Å². The Morgan fingerprint density at radius 1 is 0.955 bits per heavy atom. The van der Waals surface area contributed by atoms with Gasteiger partial charge in [0.1, 0.15) is 5.01 Å². The fourth-order valence-electron chi connectivity index (χ4n) is 2.63. The van der Waals surface area contributed by atoms with E-state index < -0.39 is 5.97 Å². The van der Waals surface area contributed by atoms with Crippen molar-refractivity contribution < 1.29 is 9.90 Å². The predicted molar refractivity (Wildman–Crippen MR) is 89.5 cm³/mol. The maximum atomic E-state index is 11.4. The molecule has 4 heteroatoms. The van der Waals surface area contributed by atoms with Crippen LogP contribution >= 0.6 is 11.3 Å². The zero-order valence-corrected chi connectivity index (χ0v) is 12.3. The van der Waals surface area contributed by atoms with Crippen molar-refractivity contribution >= 4 is 38.3 Å². The average Bonchev–Trinajstić information content (AvgIpc) is 2.99. The third-order valence-corrected chi connectivity index (χ3v) is 4.73. The summed E-state index contributed by atoms with van der Waals surface area (Å²) in [6, 6.07) is 19.2. The van der Waals surface area contributed by atoms with Crippen molar-refractivity contribution in [1.82, 2.24) is 4.98 Å². The quantitative estimate of drug-likeness (QED) is 0.578. The van der Waals surface area contributed by atoms with Crippen LogP contribution in [0.2, 0.25) is 0 Å². The van der Waals surface area contributed by atoms with E-state index in [1.807, 2.05) is 36.4 Å². The number of rotatable bonds is 2. The van der Waals surface area contributed by atoms with Crippen molar-refractivity contribution in [1.29, 1.82) is 0 Å².